The SMILES string of the molecule is CCOc1ccc(CCNC(=O)N(C)C(C)c2cccs2)cc1OCC. The quantitative estimate of drug-likeness (QED) is 0.701. The zero-order valence-corrected chi connectivity index (χ0v) is 16.8. The van der Waals surface area contributed by atoms with Gasteiger partial charge in [0.15, 0.2) is 11.5 Å². The first-order chi connectivity index (χ1) is 12.6. The van der Waals surface area contributed by atoms with Crippen LogP contribution < -0.4 is 14.8 Å². The minimum absolute atomic E-state index is 0.0602. The molecule has 0 aliphatic heterocycles. The Morgan fingerprint density at radius 2 is 1.92 bits per heavy atom. The second kappa shape index (κ2) is 10.1. The predicted octanol–water partition coefficient (Wildman–Crippen LogP) is 4.49. The summed E-state index contributed by atoms with van der Waals surface area (Å²) in [6, 6.07) is 9.97. The molecule has 0 aliphatic rings. The molecule has 1 aromatic carbocycles. The molecule has 1 unspecified atom stereocenters. The molecule has 1 atom stereocenters. The van der Waals surface area contributed by atoms with Crippen LogP contribution in [0.1, 0.15) is 37.3 Å². The van der Waals surface area contributed by atoms with Crippen molar-refractivity contribution in [3.05, 3.63) is 46.2 Å². The van der Waals surface area contributed by atoms with Crippen LogP contribution in [0.4, 0.5) is 4.79 Å². The topological polar surface area (TPSA) is 50.8 Å². The van der Waals surface area contributed by atoms with E-state index in [2.05, 4.69) is 5.32 Å². The van der Waals surface area contributed by atoms with Gasteiger partial charge in [-0.15, -0.1) is 11.3 Å². The number of benzene rings is 1. The van der Waals surface area contributed by atoms with E-state index in [-0.39, 0.29) is 12.1 Å². The van der Waals surface area contributed by atoms with Crippen molar-refractivity contribution >= 4 is 17.4 Å². The Morgan fingerprint density at radius 3 is 2.58 bits per heavy atom. The lowest BCUT2D eigenvalue weighted by Crippen LogP contribution is -2.39. The lowest BCUT2D eigenvalue weighted by molar-refractivity contribution is 0.195. The molecular weight excluding hydrogens is 348 g/mol. The van der Waals surface area contributed by atoms with Crippen molar-refractivity contribution in [2.24, 2.45) is 0 Å². The molecule has 26 heavy (non-hydrogen) atoms. The van der Waals surface area contributed by atoms with E-state index >= 15 is 0 Å². The van der Waals surface area contributed by atoms with Gasteiger partial charge in [0.2, 0.25) is 0 Å². The number of nitrogens with zero attached hydrogens (tertiary/aromatic N) is 1. The van der Waals surface area contributed by atoms with Gasteiger partial charge in [0.25, 0.3) is 0 Å². The van der Waals surface area contributed by atoms with Crippen LogP contribution in [0, 0.1) is 0 Å². The van der Waals surface area contributed by atoms with Crippen LogP contribution in [0.5, 0.6) is 11.5 Å². The minimum atomic E-state index is -0.0677. The first-order valence-electron chi connectivity index (χ1n) is 8.99. The molecule has 0 aliphatic carbocycles. The van der Waals surface area contributed by atoms with E-state index in [1.165, 1.54) is 4.88 Å². The highest BCUT2D eigenvalue weighted by molar-refractivity contribution is 7.10. The highest BCUT2D eigenvalue weighted by Gasteiger charge is 2.17. The lowest BCUT2D eigenvalue weighted by Gasteiger charge is -2.24. The van der Waals surface area contributed by atoms with E-state index < -0.39 is 0 Å². The van der Waals surface area contributed by atoms with Crippen LogP contribution in [-0.2, 0) is 6.42 Å². The van der Waals surface area contributed by atoms with E-state index in [0.29, 0.717) is 19.8 Å². The van der Waals surface area contributed by atoms with Gasteiger partial charge in [-0.3, -0.25) is 0 Å². The van der Waals surface area contributed by atoms with Crippen LogP contribution in [0.15, 0.2) is 35.7 Å². The second-order valence-corrected chi connectivity index (χ2v) is 6.91. The molecule has 0 saturated carbocycles. The van der Waals surface area contributed by atoms with Crippen molar-refractivity contribution in [1.82, 2.24) is 10.2 Å². The molecule has 1 N–H and O–H groups in total. The molecule has 2 amide bonds. The number of urea groups is 1. The first-order valence-corrected chi connectivity index (χ1v) is 9.87. The summed E-state index contributed by atoms with van der Waals surface area (Å²) in [5.41, 5.74) is 1.10. The van der Waals surface area contributed by atoms with Crippen LogP contribution in [0.25, 0.3) is 0 Å². The van der Waals surface area contributed by atoms with Gasteiger partial charge in [-0.2, -0.15) is 0 Å². The van der Waals surface area contributed by atoms with Crippen LogP contribution >= 0.6 is 11.3 Å². The fraction of sp³-hybridized carbons (Fsp3) is 0.450. The third kappa shape index (κ3) is 5.39. The third-order valence-electron chi connectivity index (χ3n) is 4.15. The maximum atomic E-state index is 12.4. The summed E-state index contributed by atoms with van der Waals surface area (Å²) in [6.45, 7) is 7.70. The third-order valence-corrected chi connectivity index (χ3v) is 5.20. The number of rotatable bonds is 9. The molecule has 1 aromatic heterocycles. The van der Waals surface area contributed by atoms with Gasteiger partial charge in [0.05, 0.1) is 19.3 Å². The first kappa shape index (κ1) is 20.1. The molecule has 0 spiro atoms. The van der Waals surface area contributed by atoms with Crippen LogP contribution in [0.2, 0.25) is 0 Å². The Bertz CT molecular complexity index is 688. The molecule has 1 heterocycles. The van der Waals surface area contributed by atoms with Gasteiger partial charge in [0, 0.05) is 18.5 Å². The summed E-state index contributed by atoms with van der Waals surface area (Å²) in [4.78, 5) is 15.3. The smallest absolute Gasteiger partial charge is 0.317 e. The summed E-state index contributed by atoms with van der Waals surface area (Å²) in [6.07, 6.45) is 0.736. The Kier molecular flexibility index (Phi) is 7.78. The van der Waals surface area contributed by atoms with Gasteiger partial charge in [-0.05, 0) is 56.3 Å². The van der Waals surface area contributed by atoms with E-state index in [4.69, 9.17) is 9.47 Å². The zero-order valence-electron chi connectivity index (χ0n) is 16.0. The number of ether oxygens (including phenoxy) is 2. The minimum Gasteiger partial charge on any atom is -0.490 e. The maximum Gasteiger partial charge on any atom is 0.317 e. The largest absolute Gasteiger partial charge is 0.490 e. The summed E-state index contributed by atoms with van der Waals surface area (Å²) in [5.74, 6) is 1.51. The maximum absolute atomic E-state index is 12.4. The van der Waals surface area contributed by atoms with Gasteiger partial charge < -0.3 is 19.7 Å². The van der Waals surface area contributed by atoms with E-state index in [0.717, 1.165) is 23.5 Å². The summed E-state index contributed by atoms with van der Waals surface area (Å²) < 4.78 is 11.2. The van der Waals surface area contributed by atoms with Crippen molar-refractivity contribution in [1.29, 1.82) is 0 Å². The molecule has 0 saturated heterocycles. The van der Waals surface area contributed by atoms with Crippen molar-refractivity contribution < 1.29 is 14.3 Å². The average Bonchev–Trinajstić information content (AvgIpc) is 3.17. The van der Waals surface area contributed by atoms with Crippen molar-refractivity contribution in [2.75, 3.05) is 26.8 Å². The van der Waals surface area contributed by atoms with E-state index in [1.807, 2.05) is 63.5 Å². The molecular formula is C20H28N2O3S. The normalized spacial score (nSPS) is 11.7. The molecule has 5 nitrogen and oxygen atoms in total. The van der Waals surface area contributed by atoms with Crippen molar-refractivity contribution in [3.63, 3.8) is 0 Å². The van der Waals surface area contributed by atoms with Crippen molar-refractivity contribution in [2.45, 2.75) is 33.2 Å². The number of nitrogens with one attached hydrogen (secondary N) is 1. The standard InChI is InChI=1S/C20H28N2O3S/c1-5-24-17-10-9-16(14-18(17)25-6-2)11-12-21-20(23)22(4)15(3)19-8-7-13-26-19/h7-10,13-15H,5-6,11-12H2,1-4H3,(H,21,23). The Morgan fingerprint density at radius 1 is 1.19 bits per heavy atom. The van der Waals surface area contributed by atoms with Crippen LogP contribution in [-0.4, -0.2) is 37.7 Å². The Balaban J connectivity index is 1.88. The number of amides is 2. The number of hydrogen-bond acceptors (Lipinski definition) is 4. The van der Waals surface area contributed by atoms with E-state index in [1.54, 1.807) is 16.2 Å². The molecule has 6 heteroatoms. The van der Waals surface area contributed by atoms with Gasteiger partial charge in [0.1, 0.15) is 0 Å². The molecule has 0 fully saturated rings. The number of carbonyl (C=O) groups excluding carboxylic acids is 1. The number of hydrogen-bond donors (Lipinski definition) is 1. The van der Waals surface area contributed by atoms with E-state index in [9.17, 15) is 4.79 Å². The monoisotopic (exact) mass is 376 g/mol. The molecule has 2 aromatic rings. The Labute approximate surface area is 159 Å². The highest BCUT2D eigenvalue weighted by Crippen LogP contribution is 2.28. The fourth-order valence-electron chi connectivity index (χ4n) is 2.59. The van der Waals surface area contributed by atoms with Gasteiger partial charge >= 0.3 is 6.03 Å². The molecule has 0 bridgehead atoms. The van der Waals surface area contributed by atoms with Crippen LogP contribution in [0.3, 0.4) is 0 Å². The second-order valence-electron chi connectivity index (χ2n) is 5.93. The van der Waals surface area contributed by atoms with Crippen molar-refractivity contribution in [3.8, 4) is 11.5 Å². The fourth-order valence-corrected chi connectivity index (χ4v) is 3.41. The van der Waals surface area contributed by atoms with Gasteiger partial charge in [-0.25, -0.2) is 4.79 Å². The summed E-state index contributed by atoms with van der Waals surface area (Å²) >= 11 is 1.66. The molecule has 142 valence electrons. The Hall–Kier alpha value is -2.21. The highest BCUT2D eigenvalue weighted by atomic mass is 32.1. The predicted molar refractivity (Wildman–Crippen MR) is 106 cm³/mol. The average molecular weight is 377 g/mol. The summed E-state index contributed by atoms with van der Waals surface area (Å²) in [7, 11) is 1.82. The lowest BCUT2D eigenvalue weighted by atomic mass is 10.1. The molecule has 2 rings (SSSR count). The summed E-state index contributed by atoms with van der Waals surface area (Å²) in [5, 5.41) is 5.01. The molecule has 0 radical (unpaired) electrons. The number of carbonyl (C=O) groups is 1. The zero-order chi connectivity index (χ0) is 18.9. The number of thiophene rings is 1. The van der Waals surface area contributed by atoms with Gasteiger partial charge in [-0.1, -0.05) is 12.1 Å².